The molecule has 1 atom stereocenters. The van der Waals surface area contributed by atoms with Crippen LogP contribution in [0.2, 0.25) is 0 Å². The second-order valence-corrected chi connectivity index (χ2v) is 4.18. The molecule has 1 fully saturated rings. The van der Waals surface area contributed by atoms with E-state index in [1.165, 1.54) is 0 Å². The summed E-state index contributed by atoms with van der Waals surface area (Å²) in [6, 6.07) is 2.33. The SMILES string of the molecule is CCNc1cncc(NC2CCC(=O)NC2)c1. The number of hydrogen-bond donors (Lipinski definition) is 3. The predicted octanol–water partition coefficient (Wildman–Crippen LogP) is 1.20. The molecule has 1 unspecified atom stereocenters. The van der Waals surface area contributed by atoms with Gasteiger partial charge in [-0.05, 0) is 19.4 Å². The molecule has 1 aliphatic rings. The van der Waals surface area contributed by atoms with E-state index in [1.54, 1.807) is 12.4 Å². The normalized spacial score (nSPS) is 19.6. The van der Waals surface area contributed by atoms with Crippen molar-refractivity contribution in [2.45, 2.75) is 25.8 Å². The molecule has 1 aromatic heterocycles. The monoisotopic (exact) mass is 234 g/mol. The zero-order chi connectivity index (χ0) is 12.1. The Kier molecular flexibility index (Phi) is 3.80. The van der Waals surface area contributed by atoms with Crippen LogP contribution in [-0.4, -0.2) is 30.0 Å². The molecule has 1 saturated heterocycles. The quantitative estimate of drug-likeness (QED) is 0.732. The van der Waals surface area contributed by atoms with Crippen molar-refractivity contribution in [3.05, 3.63) is 18.5 Å². The van der Waals surface area contributed by atoms with E-state index in [2.05, 4.69) is 27.9 Å². The van der Waals surface area contributed by atoms with Crippen LogP contribution in [0.1, 0.15) is 19.8 Å². The molecule has 92 valence electrons. The summed E-state index contributed by atoms with van der Waals surface area (Å²) in [6.45, 7) is 3.62. The molecule has 0 saturated carbocycles. The van der Waals surface area contributed by atoms with Crippen LogP contribution in [0.25, 0.3) is 0 Å². The van der Waals surface area contributed by atoms with Gasteiger partial charge in [-0.15, -0.1) is 0 Å². The van der Waals surface area contributed by atoms with Gasteiger partial charge in [0.15, 0.2) is 0 Å². The van der Waals surface area contributed by atoms with Gasteiger partial charge in [0.25, 0.3) is 0 Å². The van der Waals surface area contributed by atoms with Crippen LogP contribution < -0.4 is 16.0 Å². The van der Waals surface area contributed by atoms with Gasteiger partial charge >= 0.3 is 0 Å². The third-order valence-electron chi connectivity index (χ3n) is 2.76. The number of piperidine rings is 1. The minimum absolute atomic E-state index is 0.141. The van der Waals surface area contributed by atoms with Crippen LogP contribution in [0, 0.1) is 0 Å². The van der Waals surface area contributed by atoms with Crippen LogP contribution >= 0.6 is 0 Å². The Morgan fingerprint density at radius 2 is 2.29 bits per heavy atom. The van der Waals surface area contributed by atoms with Gasteiger partial charge in [0.1, 0.15) is 0 Å². The molecule has 0 aliphatic carbocycles. The lowest BCUT2D eigenvalue weighted by Crippen LogP contribution is -2.41. The van der Waals surface area contributed by atoms with E-state index in [4.69, 9.17) is 0 Å². The van der Waals surface area contributed by atoms with E-state index in [0.29, 0.717) is 19.0 Å². The Hall–Kier alpha value is -1.78. The Morgan fingerprint density at radius 1 is 1.47 bits per heavy atom. The number of carbonyl (C=O) groups excluding carboxylic acids is 1. The summed E-state index contributed by atoms with van der Waals surface area (Å²) < 4.78 is 0. The van der Waals surface area contributed by atoms with Crippen LogP contribution in [0.5, 0.6) is 0 Å². The molecule has 1 aliphatic heterocycles. The van der Waals surface area contributed by atoms with Gasteiger partial charge in [0, 0.05) is 25.6 Å². The first-order chi connectivity index (χ1) is 8.28. The number of hydrogen-bond acceptors (Lipinski definition) is 4. The molecule has 3 N–H and O–H groups in total. The van der Waals surface area contributed by atoms with Gasteiger partial charge in [-0.1, -0.05) is 0 Å². The van der Waals surface area contributed by atoms with Crippen molar-refractivity contribution >= 4 is 17.3 Å². The molecule has 0 bridgehead atoms. The van der Waals surface area contributed by atoms with Crippen LogP contribution in [0.15, 0.2) is 18.5 Å². The summed E-state index contributed by atoms with van der Waals surface area (Å²) in [5.74, 6) is 0.141. The standard InChI is InChI=1S/C12H18N4O/c1-2-14-10-5-11(7-13-6-10)16-9-3-4-12(17)15-8-9/h5-7,9,14,16H,2-4,8H2,1H3,(H,15,17). The average Bonchev–Trinajstić information content (AvgIpc) is 2.33. The highest BCUT2D eigenvalue weighted by atomic mass is 16.1. The van der Waals surface area contributed by atoms with Gasteiger partial charge in [-0.2, -0.15) is 0 Å². The second kappa shape index (κ2) is 5.52. The third kappa shape index (κ3) is 3.34. The van der Waals surface area contributed by atoms with E-state index >= 15 is 0 Å². The number of anilines is 2. The lowest BCUT2D eigenvalue weighted by Gasteiger charge is -2.24. The first-order valence-corrected chi connectivity index (χ1v) is 6.00. The Morgan fingerprint density at radius 3 is 3.00 bits per heavy atom. The largest absolute Gasteiger partial charge is 0.384 e. The molecular weight excluding hydrogens is 216 g/mol. The van der Waals surface area contributed by atoms with E-state index in [9.17, 15) is 4.79 Å². The Bertz CT molecular complexity index is 384. The highest BCUT2D eigenvalue weighted by Gasteiger charge is 2.17. The van der Waals surface area contributed by atoms with Gasteiger partial charge in [-0.25, -0.2) is 0 Å². The lowest BCUT2D eigenvalue weighted by atomic mass is 10.1. The summed E-state index contributed by atoms with van der Waals surface area (Å²) in [6.07, 6.45) is 5.07. The topological polar surface area (TPSA) is 66.0 Å². The van der Waals surface area contributed by atoms with Crippen LogP contribution in [0.3, 0.4) is 0 Å². The third-order valence-corrected chi connectivity index (χ3v) is 2.76. The smallest absolute Gasteiger partial charge is 0.220 e. The zero-order valence-electron chi connectivity index (χ0n) is 9.99. The number of nitrogens with zero attached hydrogens (tertiary/aromatic N) is 1. The summed E-state index contributed by atoms with van der Waals surface area (Å²) in [5.41, 5.74) is 2.00. The van der Waals surface area contributed by atoms with Crippen molar-refractivity contribution in [1.82, 2.24) is 10.3 Å². The van der Waals surface area contributed by atoms with E-state index in [-0.39, 0.29) is 5.91 Å². The number of pyridine rings is 1. The van der Waals surface area contributed by atoms with Crippen molar-refractivity contribution < 1.29 is 4.79 Å². The maximum absolute atomic E-state index is 11.0. The highest BCUT2D eigenvalue weighted by Crippen LogP contribution is 2.16. The molecule has 0 aromatic carbocycles. The first-order valence-electron chi connectivity index (χ1n) is 6.00. The van der Waals surface area contributed by atoms with Gasteiger partial charge in [-0.3, -0.25) is 9.78 Å². The highest BCUT2D eigenvalue weighted by molar-refractivity contribution is 5.77. The van der Waals surface area contributed by atoms with Crippen molar-refractivity contribution in [3.8, 4) is 0 Å². The molecular formula is C12H18N4O. The molecule has 2 rings (SSSR count). The van der Waals surface area contributed by atoms with Crippen molar-refractivity contribution in [2.24, 2.45) is 0 Å². The number of nitrogens with one attached hydrogen (secondary N) is 3. The lowest BCUT2D eigenvalue weighted by molar-refractivity contribution is -0.122. The molecule has 5 heteroatoms. The van der Waals surface area contributed by atoms with Crippen LogP contribution in [-0.2, 0) is 4.79 Å². The number of rotatable bonds is 4. The number of carbonyl (C=O) groups is 1. The molecule has 0 radical (unpaired) electrons. The van der Waals surface area contributed by atoms with E-state index < -0.39 is 0 Å². The maximum atomic E-state index is 11.0. The summed E-state index contributed by atoms with van der Waals surface area (Å²) in [4.78, 5) is 15.2. The summed E-state index contributed by atoms with van der Waals surface area (Å²) in [5, 5.41) is 9.46. The zero-order valence-corrected chi connectivity index (χ0v) is 9.99. The van der Waals surface area contributed by atoms with Gasteiger partial charge in [0.05, 0.1) is 23.8 Å². The molecule has 2 heterocycles. The minimum Gasteiger partial charge on any atom is -0.384 e. The van der Waals surface area contributed by atoms with Crippen molar-refractivity contribution in [2.75, 3.05) is 23.7 Å². The van der Waals surface area contributed by atoms with E-state index in [1.807, 2.05) is 6.07 Å². The fraction of sp³-hybridized carbons (Fsp3) is 0.500. The minimum atomic E-state index is 0.141. The summed E-state index contributed by atoms with van der Waals surface area (Å²) >= 11 is 0. The van der Waals surface area contributed by atoms with Gasteiger partial charge in [0.2, 0.25) is 5.91 Å². The van der Waals surface area contributed by atoms with E-state index in [0.717, 1.165) is 24.3 Å². The number of amides is 1. The number of aromatic nitrogens is 1. The summed E-state index contributed by atoms with van der Waals surface area (Å²) in [7, 11) is 0. The maximum Gasteiger partial charge on any atom is 0.220 e. The molecule has 1 amide bonds. The fourth-order valence-corrected chi connectivity index (χ4v) is 1.91. The van der Waals surface area contributed by atoms with Crippen LogP contribution in [0.4, 0.5) is 11.4 Å². The molecule has 1 aromatic rings. The van der Waals surface area contributed by atoms with Crippen molar-refractivity contribution in [3.63, 3.8) is 0 Å². The first kappa shape index (κ1) is 11.7. The second-order valence-electron chi connectivity index (χ2n) is 4.18. The molecule has 17 heavy (non-hydrogen) atoms. The average molecular weight is 234 g/mol. The fourth-order valence-electron chi connectivity index (χ4n) is 1.91. The van der Waals surface area contributed by atoms with Crippen molar-refractivity contribution in [1.29, 1.82) is 0 Å². The Balaban J connectivity index is 1.93. The molecule has 0 spiro atoms. The Labute approximate surface area is 101 Å². The van der Waals surface area contributed by atoms with Gasteiger partial charge < -0.3 is 16.0 Å². The molecule has 5 nitrogen and oxygen atoms in total. The predicted molar refractivity (Wildman–Crippen MR) is 68.1 cm³/mol.